The van der Waals surface area contributed by atoms with Crippen molar-refractivity contribution in [2.24, 2.45) is 0 Å². The molecule has 0 radical (unpaired) electrons. The molecule has 2 nitrogen and oxygen atoms in total. The second-order valence-corrected chi connectivity index (χ2v) is 5.34. The van der Waals surface area contributed by atoms with Gasteiger partial charge in [-0.05, 0) is 13.5 Å². The number of hydrogen-bond donors (Lipinski definition) is 1. The molecule has 0 aliphatic carbocycles. The maximum Gasteiger partial charge on any atom is 0.0218 e. The average molecular weight is 202 g/mol. The van der Waals surface area contributed by atoms with E-state index in [2.05, 4.69) is 35.8 Å². The third-order valence-corrected chi connectivity index (χ3v) is 3.84. The molecule has 13 heavy (non-hydrogen) atoms. The zero-order valence-corrected chi connectivity index (χ0v) is 9.86. The van der Waals surface area contributed by atoms with Crippen molar-refractivity contribution in [2.75, 3.05) is 32.4 Å². The Kier molecular flexibility index (Phi) is 5.14. The Labute approximate surface area is 86.5 Å². The maximum absolute atomic E-state index is 3.28. The van der Waals surface area contributed by atoms with Gasteiger partial charge in [0.05, 0.1) is 0 Å². The molecular weight excluding hydrogens is 180 g/mol. The second kappa shape index (κ2) is 5.89. The Hall–Kier alpha value is 0.270. The molecule has 0 aromatic rings. The van der Waals surface area contributed by atoms with Crippen LogP contribution in [0, 0.1) is 0 Å². The first-order valence-electron chi connectivity index (χ1n) is 5.28. The number of thioether (sulfide) groups is 1. The predicted octanol–water partition coefficient (Wildman–Crippen LogP) is 1.42. The van der Waals surface area contributed by atoms with Gasteiger partial charge in [0.2, 0.25) is 0 Å². The van der Waals surface area contributed by atoms with Gasteiger partial charge in [-0.2, -0.15) is 11.8 Å². The van der Waals surface area contributed by atoms with Gasteiger partial charge in [-0.15, -0.1) is 0 Å². The Morgan fingerprint density at radius 2 is 2.38 bits per heavy atom. The molecule has 0 aromatic carbocycles. The molecule has 0 bridgehead atoms. The van der Waals surface area contributed by atoms with E-state index in [0.717, 1.165) is 17.8 Å². The fraction of sp³-hybridized carbons (Fsp3) is 1.00. The number of likely N-dealkylation sites (N-methyl/N-ethyl adjacent to an activating group) is 1. The van der Waals surface area contributed by atoms with Gasteiger partial charge in [-0.25, -0.2) is 0 Å². The van der Waals surface area contributed by atoms with E-state index >= 15 is 0 Å². The number of rotatable bonds is 4. The fourth-order valence-electron chi connectivity index (χ4n) is 1.94. The van der Waals surface area contributed by atoms with Gasteiger partial charge in [0.15, 0.2) is 0 Å². The van der Waals surface area contributed by atoms with Crippen LogP contribution in [0.5, 0.6) is 0 Å². The van der Waals surface area contributed by atoms with Crippen LogP contribution in [0.2, 0.25) is 0 Å². The lowest BCUT2D eigenvalue weighted by atomic mass is 10.1. The summed E-state index contributed by atoms with van der Waals surface area (Å²) in [5.74, 6) is 1.31. The zero-order valence-electron chi connectivity index (χ0n) is 9.05. The summed E-state index contributed by atoms with van der Waals surface area (Å²) in [5, 5.41) is 4.10. The molecule has 0 saturated carbocycles. The third kappa shape index (κ3) is 3.49. The molecular formula is C10H22N2S. The highest BCUT2D eigenvalue weighted by molar-refractivity contribution is 7.99. The number of nitrogens with zero attached hydrogens (tertiary/aromatic N) is 1. The molecule has 2 atom stereocenters. The van der Waals surface area contributed by atoms with Crippen molar-refractivity contribution in [1.29, 1.82) is 0 Å². The van der Waals surface area contributed by atoms with E-state index in [1.807, 2.05) is 7.05 Å². The lowest BCUT2D eigenvalue weighted by Gasteiger charge is -2.36. The monoisotopic (exact) mass is 202 g/mol. The van der Waals surface area contributed by atoms with Crippen molar-refractivity contribution in [2.45, 2.75) is 31.6 Å². The van der Waals surface area contributed by atoms with Crippen LogP contribution in [0.1, 0.15) is 20.3 Å². The van der Waals surface area contributed by atoms with Crippen molar-refractivity contribution in [1.82, 2.24) is 10.2 Å². The predicted molar refractivity (Wildman–Crippen MR) is 61.5 cm³/mol. The molecule has 1 aliphatic heterocycles. The summed E-state index contributed by atoms with van der Waals surface area (Å²) in [6.45, 7) is 8.30. The molecule has 3 heteroatoms. The smallest absolute Gasteiger partial charge is 0.0218 e. The van der Waals surface area contributed by atoms with E-state index < -0.39 is 0 Å². The molecule has 2 unspecified atom stereocenters. The summed E-state index contributed by atoms with van der Waals surface area (Å²) >= 11 is 2.11. The van der Waals surface area contributed by atoms with Crippen LogP contribution in [0.15, 0.2) is 0 Å². The van der Waals surface area contributed by atoms with Crippen LogP contribution in [-0.4, -0.2) is 48.6 Å². The Balaban J connectivity index is 2.37. The first-order chi connectivity index (χ1) is 6.27. The van der Waals surface area contributed by atoms with Gasteiger partial charge in [-0.3, -0.25) is 4.90 Å². The van der Waals surface area contributed by atoms with Crippen LogP contribution in [0.25, 0.3) is 0 Å². The minimum Gasteiger partial charge on any atom is -0.318 e. The Bertz CT molecular complexity index is 141. The van der Waals surface area contributed by atoms with Crippen LogP contribution < -0.4 is 5.32 Å². The third-order valence-electron chi connectivity index (χ3n) is 2.70. The van der Waals surface area contributed by atoms with Crippen molar-refractivity contribution >= 4 is 11.8 Å². The SMILES string of the molecule is CCC(CNC)N1CCSC(C)C1. The topological polar surface area (TPSA) is 15.3 Å². The average Bonchev–Trinajstić information content (AvgIpc) is 2.14. The molecule has 1 rings (SSSR count). The Morgan fingerprint density at radius 3 is 2.92 bits per heavy atom. The fourth-order valence-corrected chi connectivity index (χ4v) is 2.98. The second-order valence-electron chi connectivity index (χ2n) is 3.80. The molecule has 1 saturated heterocycles. The minimum atomic E-state index is 0.744. The quantitative estimate of drug-likeness (QED) is 0.742. The number of hydrogen-bond acceptors (Lipinski definition) is 3. The van der Waals surface area contributed by atoms with Crippen molar-refractivity contribution in [3.8, 4) is 0 Å². The normalized spacial score (nSPS) is 27.5. The maximum atomic E-state index is 3.28. The van der Waals surface area contributed by atoms with Gasteiger partial charge < -0.3 is 5.32 Å². The number of nitrogens with one attached hydrogen (secondary N) is 1. The van der Waals surface area contributed by atoms with Crippen LogP contribution in [-0.2, 0) is 0 Å². The van der Waals surface area contributed by atoms with Gasteiger partial charge in [0.1, 0.15) is 0 Å². The summed E-state index contributed by atoms with van der Waals surface area (Å²) in [5.41, 5.74) is 0. The van der Waals surface area contributed by atoms with Crippen molar-refractivity contribution < 1.29 is 0 Å². The Morgan fingerprint density at radius 1 is 1.62 bits per heavy atom. The molecule has 0 aromatic heterocycles. The van der Waals surface area contributed by atoms with Gasteiger partial charge in [0.25, 0.3) is 0 Å². The minimum absolute atomic E-state index is 0.744. The molecule has 1 N–H and O–H groups in total. The highest BCUT2D eigenvalue weighted by atomic mass is 32.2. The summed E-state index contributed by atoms with van der Waals surface area (Å²) < 4.78 is 0. The van der Waals surface area contributed by atoms with E-state index in [-0.39, 0.29) is 0 Å². The molecule has 78 valence electrons. The molecule has 1 fully saturated rings. The summed E-state index contributed by atoms with van der Waals surface area (Å²) in [6.07, 6.45) is 1.26. The summed E-state index contributed by atoms with van der Waals surface area (Å²) in [7, 11) is 2.05. The van der Waals surface area contributed by atoms with Crippen molar-refractivity contribution in [3.05, 3.63) is 0 Å². The summed E-state index contributed by atoms with van der Waals surface area (Å²) in [4.78, 5) is 2.64. The van der Waals surface area contributed by atoms with Crippen LogP contribution in [0.3, 0.4) is 0 Å². The lowest BCUT2D eigenvalue weighted by molar-refractivity contribution is 0.197. The molecule has 0 amide bonds. The summed E-state index contributed by atoms with van der Waals surface area (Å²) in [6, 6.07) is 0.744. The van der Waals surface area contributed by atoms with Gasteiger partial charge >= 0.3 is 0 Å². The van der Waals surface area contributed by atoms with E-state index in [1.165, 1.54) is 25.3 Å². The van der Waals surface area contributed by atoms with Gasteiger partial charge in [0, 0.05) is 36.7 Å². The van der Waals surface area contributed by atoms with E-state index in [4.69, 9.17) is 0 Å². The van der Waals surface area contributed by atoms with Gasteiger partial charge in [-0.1, -0.05) is 13.8 Å². The van der Waals surface area contributed by atoms with E-state index in [9.17, 15) is 0 Å². The standard InChI is InChI=1S/C10H22N2S/c1-4-10(7-11-3)12-5-6-13-9(2)8-12/h9-11H,4-8H2,1-3H3. The largest absolute Gasteiger partial charge is 0.318 e. The zero-order chi connectivity index (χ0) is 9.68. The van der Waals surface area contributed by atoms with Crippen molar-refractivity contribution in [3.63, 3.8) is 0 Å². The first kappa shape index (κ1) is 11.3. The van der Waals surface area contributed by atoms with E-state index in [1.54, 1.807) is 0 Å². The molecule has 1 aliphatic rings. The van der Waals surface area contributed by atoms with Crippen LogP contribution >= 0.6 is 11.8 Å². The van der Waals surface area contributed by atoms with Crippen LogP contribution in [0.4, 0.5) is 0 Å². The highest BCUT2D eigenvalue weighted by Crippen LogP contribution is 2.20. The highest BCUT2D eigenvalue weighted by Gasteiger charge is 2.22. The lowest BCUT2D eigenvalue weighted by Crippen LogP contribution is -2.47. The van der Waals surface area contributed by atoms with E-state index in [0.29, 0.717) is 0 Å². The molecule has 0 spiro atoms. The first-order valence-corrected chi connectivity index (χ1v) is 6.33. The molecule has 1 heterocycles.